The number of aromatic nitrogens is 1. The van der Waals surface area contributed by atoms with Crippen molar-refractivity contribution in [2.45, 2.75) is 18.7 Å². The normalized spacial score (nSPS) is 10.7. The maximum atomic E-state index is 12.8. The molecule has 0 bridgehead atoms. The summed E-state index contributed by atoms with van der Waals surface area (Å²) in [5.41, 5.74) is -0.0678. The van der Waals surface area contributed by atoms with Crippen LogP contribution in [0.15, 0.2) is 6.07 Å². The third-order valence-electron chi connectivity index (χ3n) is 1.93. The van der Waals surface area contributed by atoms with Crippen LogP contribution in [0.3, 0.4) is 0 Å². The maximum absolute atomic E-state index is 12.8. The highest BCUT2D eigenvalue weighted by Crippen LogP contribution is 2.27. The highest BCUT2D eigenvalue weighted by Gasteiger charge is 2.21. The van der Waals surface area contributed by atoms with E-state index < -0.39 is 12.4 Å². The van der Waals surface area contributed by atoms with Crippen molar-refractivity contribution in [2.24, 2.45) is 0 Å². The Morgan fingerprint density at radius 1 is 1.65 bits per heavy atom. The molecular formula is C10H9BrF2INO2. The monoisotopic (exact) mass is 419 g/mol. The summed E-state index contributed by atoms with van der Waals surface area (Å²) in [4.78, 5) is 15.1. The molecule has 0 aliphatic carbocycles. The fourth-order valence-corrected chi connectivity index (χ4v) is 3.06. The predicted molar refractivity (Wildman–Crippen MR) is 70.5 cm³/mol. The highest BCUT2D eigenvalue weighted by molar-refractivity contribution is 14.1. The quantitative estimate of drug-likeness (QED) is 0.424. The molecule has 1 heterocycles. The first kappa shape index (κ1) is 14.7. The fraction of sp³-hybridized carbons (Fsp3) is 0.400. The molecule has 7 heteroatoms. The topological polar surface area (TPSA) is 39.2 Å². The van der Waals surface area contributed by atoms with Gasteiger partial charge in [0.15, 0.2) is 0 Å². The first-order valence-corrected chi connectivity index (χ1v) is 6.91. The van der Waals surface area contributed by atoms with Crippen LogP contribution in [0.5, 0.6) is 0 Å². The van der Waals surface area contributed by atoms with E-state index >= 15 is 0 Å². The van der Waals surface area contributed by atoms with E-state index in [9.17, 15) is 13.6 Å². The number of alkyl halides is 3. The Morgan fingerprint density at radius 3 is 2.76 bits per heavy atom. The molecule has 17 heavy (non-hydrogen) atoms. The average molecular weight is 420 g/mol. The number of nitrogens with zero attached hydrogens (tertiary/aromatic N) is 1. The minimum Gasteiger partial charge on any atom is -0.461 e. The summed E-state index contributed by atoms with van der Waals surface area (Å²) in [6.07, 6.45) is -2.72. The van der Waals surface area contributed by atoms with Crippen molar-refractivity contribution in [3.63, 3.8) is 0 Å². The van der Waals surface area contributed by atoms with Gasteiger partial charge < -0.3 is 4.74 Å². The number of halogens is 4. The lowest BCUT2D eigenvalue weighted by atomic mass is 10.2. The number of carbonyl (C=O) groups excluding carboxylic acids is 1. The SMILES string of the molecule is CCOC(=O)c1cc(I)c(CBr)c(C(F)F)n1. The average Bonchev–Trinajstić information content (AvgIpc) is 2.28. The second-order valence-corrected chi connectivity index (χ2v) is 4.73. The predicted octanol–water partition coefficient (Wildman–Crippen LogP) is 3.70. The van der Waals surface area contributed by atoms with Crippen LogP contribution in [0.4, 0.5) is 8.78 Å². The Kier molecular flexibility index (Phi) is 5.71. The van der Waals surface area contributed by atoms with Crippen molar-refractivity contribution in [1.82, 2.24) is 4.98 Å². The van der Waals surface area contributed by atoms with E-state index in [0.717, 1.165) is 0 Å². The molecule has 1 aromatic heterocycles. The van der Waals surface area contributed by atoms with Crippen LogP contribution in [0.1, 0.15) is 35.1 Å². The van der Waals surface area contributed by atoms with Gasteiger partial charge in [-0.1, -0.05) is 15.9 Å². The largest absolute Gasteiger partial charge is 0.461 e. The molecule has 0 amide bonds. The molecule has 0 saturated carbocycles. The van der Waals surface area contributed by atoms with E-state index in [1.54, 1.807) is 6.92 Å². The van der Waals surface area contributed by atoms with Crippen molar-refractivity contribution in [3.8, 4) is 0 Å². The van der Waals surface area contributed by atoms with E-state index in [0.29, 0.717) is 9.13 Å². The third-order valence-corrected chi connectivity index (χ3v) is 3.45. The fourth-order valence-electron chi connectivity index (χ4n) is 1.18. The molecule has 0 aromatic carbocycles. The van der Waals surface area contributed by atoms with Crippen LogP contribution in [-0.4, -0.2) is 17.6 Å². The van der Waals surface area contributed by atoms with E-state index in [4.69, 9.17) is 4.74 Å². The van der Waals surface area contributed by atoms with E-state index in [1.807, 2.05) is 22.6 Å². The molecule has 1 rings (SSSR count). The van der Waals surface area contributed by atoms with Crippen LogP contribution in [0.2, 0.25) is 0 Å². The van der Waals surface area contributed by atoms with E-state index in [2.05, 4.69) is 20.9 Å². The lowest BCUT2D eigenvalue weighted by molar-refractivity contribution is 0.0517. The summed E-state index contributed by atoms with van der Waals surface area (Å²) in [5, 5.41) is 0.265. The molecule has 0 aliphatic heterocycles. The Hall–Kier alpha value is -0.310. The van der Waals surface area contributed by atoms with Gasteiger partial charge in [-0.15, -0.1) is 0 Å². The van der Waals surface area contributed by atoms with Gasteiger partial charge in [0.25, 0.3) is 6.43 Å². The lowest BCUT2D eigenvalue weighted by Gasteiger charge is -2.10. The minimum absolute atomic E-state index is 0.0868. The summed E-state index contributed by atoms with van der Waals surface area (Å²) >= 11 is 5.02. The number of hydrogen-bond donors (Lipinski definition) is 0. The zero-order valence-corrected chi connectivity index (χ0v) is 12.6. The summed E-state index contributed by atoms with van der Waals surface area (Å²) < 4.78 is 30.9. The Morgan fingerprint density at radius 2 is 2.29 bits per heavy atom. The van der Waals surface area contributed by atoms with E-state index in [1.165, 1.54) is 6.07 Å². The van der Waals surface area contributed by atoms with E-state index in [-0.39, 0.29) is 23.3 Å². The van der Waals surface area contributed by atoms with Crippen molar-refractivity contribution < 1.29 is 18.3 Å². The first-order valence-electron chi connectivity index (χ1n) is 4.71. The van der Waals surface area contributed by atoms with Crippen LogP contribution in [-0.2, 0) is 10.1 Å². The molecule has 0 atom stereocenters. The molecule has 0 aliphatic rings. The highest BCUT2D eigenvalue weighted by atomic mass is 127. The van der Waals surface area contributed by atoms with Gasteiger partial charge in [-0.3, -0.25) is 0 Å². The van der Waals surface area contributed by atoms with Crippen molar-refractivity contribution >= 4 is 44.5 Å². The van der Waals surface area contributed by atoms with Crippen LogP contribution in [0.25, 0.3) is 0 Å². The summed E-state index contributed by atoms with van der Waals surface area (Å²) in [7, 11) is 0. The number of pyridine rings is 1. The zero-order valence-electron chi connectivity index (χ0n) is 8.84. The smallest absolute Gasteiger partial charge is 0.356 e. The second kappa shape index (κ2) is 6.58. The Labute approximate surface area is 119 Å². The number of hydrogen-bond acceptors (Lipinski definition) is 3. The molecule has 1 aromatic rings. The number of ether oxygens (including phenoxy) is 1. The van der Waals surface area contributed by atoms with Crippen molar-refractivity contribution in [1.29, 1.82) is 0 Å². The molecule has 0 fully saturated rings. The van der Waals surface area contributed by atoms with Gasteiger partial charge in [-0.2, -0.15) is 0 Å². The molecule has 0 spiro atoms. The molecule has 0 unspecified atom stereocenters. The standard InChI is InChI=1S/C10H9BrF2INO2/c1-2-17-10(16)7-3-6(14)5(4-11)8(15-7)9(12)13/h3,9H,2,4H2,1H3. The molecule has 0 saturated heterocycles. The van der Waals surface area contributed by atoms with Crippen LogP contribution in [0, 0.1) is 3.57 Å². The Balaban J connectivity index is 3.24. The number of rotatable bonds is 4. The molecule has 3 nitrogen and oxygen atoms in total. The van der Waals surface area contributed by atoms with Gasteiger partial charge in [0, 0.05) is 14.5 Å². The summed E-state index contributed by atoms with van der Waals surface area (Å²) in [5.74, 6) is -0.687. The zero-order chi connectivity index (χ0) is 13.0. The Bertz CT molecular complexity index is 429. The molecular weight excluding hydrogens is 411 g/mol. The van der Waals surface area contributed by atoms with Crippen LogP contribution >= 0.6 is 38.5 Å². The van der Waals surface area contributed by atoms with Gasteiger partial charge in [-0.05, 0) is 35.6 Å². The van der Waals surface area contributed by atoms with Crippen molar-refractivity contribution in [2.75, 3.05) is 6.61 Å². The number of carbonyl (C=O) groups is 1. The van der Waals surface area contributed by atoms with Gasteiger partial charge >= 0.3 is 5.97 Å². The minimum atomic E-state index is -2.72. The van der Waals surface area contributed by atoms with Crippen molar-refractivity contribution in [3.05, 3.63) is 26.6 Å². The lowest BCUT2D eigenvalue weighted by Crippen LogP contribution is -2.11. The second-order valence-electron chi connectivity index (χ2n) is 3.01. The van der Waals surface area contributed by atoms with Gasteiger partial charge in [0.1, 0.15) is 11.4 Å². The van der Waals surface area contributed by atoms with Gasteiger partial charge in [0.05, 0.1) is 6.61 Å². The van der Waals surface area contributed by atoms with Gasteiger partial charge in [0.2, 0.25) is 0 Å². The number of esters is 1. The molecule has 94 valence electrons. The summed E-state index contributed by atoms with van der Waals surface area (Å²) in [6.45, 7) is 1.82. The maximum Gasteiger partial charge on any atom is 0.356 e. The van der Waals surface area contributed by atoms with Crippen LogP contribution < -0.4 is 0 Å². The molecule has 0 radical (unpaired) electrons. The van der Waals surface area contributed by atoms with Gasteiger partial charge in [-0.25, -0.2) is 18.6 Å². The summed E-state index contributed by atoms with van der Waals surface area (Å²) in [6, 6.07) is 1.45. The third kappa shape index (κ3) is 3.57. The first-order chi connectivity index (χ1) is 8.01. The molecule has 0 N–H and O–H groups in total.